The lowest BCUT2D eigenvalue weighted by Crippen LogP contribution is -2.11. The van der Waals surface area contributed by atoms with Crippen LogP contribution in [0.1, 0.15) is 32.9 Å². The zero-order chi connectivity index (χ0) is 18.0. The number of carbonyl (C=O) groups excluding carboxylic acids is 1. The first-order valence-electron chi connectivity index (χ1n) is 8.09. The van der Waals surface area contributed by atoms with Crippen LogP contribution in [0.15, 0.2) is 48.5 Å². The van der Waals surface area contributed by atoms with E-state index in [1.165, 1.54) is 16.8 Å². The van der Waals surface area contributed by atoms with Gasteiger partial charge in [0.15, 0.2) is 0 Å². The third kappa shape index (κ3) is 4.10. The molecule has 128 valence electrons. The van der Waals surface area contributed by atoms with Crippen molar-refractivity contribution in [3.05, 3.63) is 80.2 Å². The van der Waals surface area contributed by atoms with Crippen LogP contribution in [0.2, 0.25) is 0 Å². The van der Waals surface area contributed by atoms with Crippen LogP contribution in [0, 0.1) is 17.4 Å². The second kappa shape index (κ2) is 7.39. The number of nitrogens with one attached hydrogen (secondary N) is 1. The fourth-order valence-corrected chi connectivity index (χ4v) is 3.36. The normalized spacial score (nSPS) is 10.7. The number of aryl methyl sites for hydroxylation is 2. The Morgan fingerprint density at radius 2 is 1.88 bits per heavy atom. The lowest BCUT2D eigenvalue weighted by atomic mass is 10.0. The molecule has 0 fully saturated rings. The third-order valence-electron chi connectivity index (χ3n) is 4.34. The van der Waals surface area contributed by atoms with E-state index >= 15 is 0 Å². The first kappa shape index (κ1) is 17.7. The summed E-state index contributed by atoms with van der Waals surface area (Å²) in [4.78, 5) is 12.3. The van der Waals surface area contributed by atoms with Gasteiger partial charge in [0.05, 0.1) is 5.69 Å². The summed E-state index contributed by atoms with van der Waals surface area (Å²) in [5, 5.41) is 7.41. The topological polar surface area (TPSA) is 46.9 Å². The number of halogens is 1. The Bertz CT molecular complexity index is 913. The molecule has 5 heteroatoms. The molecule has 1 amide bonds. The molecule has 1 aromatic heterocycles. The molecule has 25 heavy (non-hydrogen) atoms. The van der Waals surface area contributed by atoms with Crippen LogP contribution < -0.4 is 5.32 Å². The summed E-state index contributed by atoms with van der Waals surface area (Å²) in [5.74, 6) is -0.0924. The van der Waals surface area contributed by atoms with Crippen molar-refractivity contribution in [3.8, 4) is 0 Å². The van der Waals surface area contributed by atoms with Gasteiger partial charge in [-0.15, -0.1) is 0 Å². The van der Waals surface area contributed by atoms with E-state index in [0.29, 0.717) is 5.56 Å². The molecule has 0 bridgehead atoms. The first-order valence-corrected chi connectivity index (χ1v) is 9.17. The van der Waals surface area contributed by atoms with Crippen LogP contribution in [-0.2, 0) is 13.5 Å². The van der Waals surface area contributed by atoms with E-state index in [9.17, 15) is 4.79 Å². The highest BCUT2D eigenvalue weighted by Gasteiger charge is 2.10. The molecular formula is C20H20IN3O. The lowest BCUT2D eigenvalue weighted by molar-refractivity contribution is 0.102. The molecule has 3 aromatic rings. The number of hydrogen-bond donors (Lipinski definition) is 1. The van der Waals surface area contributed by atoms with Crippen molar-refractivity contribution in [2.24, 2.45) is 7.05 Å². The third-order valence-corrected chi connectivity index (χ3v) is 5.01. The molecule has 0 saturated carbocycles. The standard InChI is InChI=1S/C20H20IN3O/c1-13-19(14(2)24(3)23-13)11-15-7-9-18(10-8-15)22-20(25)16-5-4-6-17(21)12-16/h4-10,12H,11H2,1-3H3,(H,22,25). The zero-order valence-corrected chi connectivity index (χ0v) is 16.7. The minimum absolute atomic E-state index is 0.0924. The maximum atomic E-state index is 12.3. The van der Waals surface area contributed by atoms with Crippen LogP contribution in [0.3, 0.4) is 0 Å². The molecule has 0 aliphatic carbocycles. The summed E-state index contributed by atoms with van der Waals surface area (Å²) in [6.07, 6.45) is 0.844. The number of hydrogen-bond acceptors (Lipinski definition) is 2. The molecule has 0 unspecified atom stereocenters. The Kier molecular flexibility index (Phi) is 5.22. The Labute approximate surface area is 161 Å². The van der Waals surface area contributed by atoms with E-state index in [2.05, 4.69) is 52.1 Å². The molecule has 0 radical (unpaired) electrons. The monoisotopic (exact) mass is 445 g/mol. The first-order chi connectivity index (χ1) is 11.9. The van der Waals surface area contributed by atoms with E-state index < -0.39 is 0 Å². The molecule has 4 nitrogen and oxygen atoms in total. The summed E-state index contributed by atoms with van der Waals surface area (Å²) >= 11 is 2.20. The summed E-state index contributed by atoms with van der Waals surface area (Å²) < 4.78 is 2.96. The minimum atomic E-state index is -0.0924. The van der Waals surface area contributed by atoms with Crippen molar-refractivity contribution >= 4 is 34.2 Å². The Morgan fingerprint density at radius 1 is 1.16 bits per heavy atom. The largest absolute Gasteiger partial charge is 0.322 e. The highest BCUT2D eigenvalue weighted by atomic mass is 127. The van der Waals surface area contributed by atoms with Gasteiger partial charge in [0, 0.05) is 39.5 Å². The summed E-state index contributed by atoms with van der Waals surface area (Å²) in [5.41, 5.74) is 6.18. The number of anilines is 1. The van der Waals surface area contributed by atoms with Gasteiger partial charge in [-0.3, -0.25) is 9.48 Å². The second-order valence-corrected chi connectivity index (χ2v) is 7.36. The van der Waals surface area contributed by atoms with Gasteiger partial charge in [0.2, 0.25) is 0 Å². The summed E-state index contributed by atoms with van der Waals surface area (Å²) in [6, 6.07) is 15.5. The van der Waals surface area contributed by atoms with Crippen molar-refractivity contribution in [2.45, 2.75) is 20.3 Å². The van der Waals surface area contributed by atoms with Gasteiger partial charge in [0.25, 0.3) is 5.91 Å². The van der Waals surface area contributed by atoms with Crippen LogP contribution >= 0.6 is 22.6 Å². The average Bonchev–Trinajstić information content (AvgIpc) is 2.83. The molecule has 0 atom stereocenters. The van der Waals surface area contributed by atoms with Gasteiger partial charge in [0.1, 0.15) is 0 Å². The van der Waals surface area contributed by atoms with E-state index in [4.69, 9.17) is 0 Å². The molecule has 0 saturated heterocycles. The maximum Gasteiger partial charge on any atom is 0.255 e. The Balaban J connectivity index is 1.71. The maximum absolute atomic E-state index is 12.3. The SMILES string of the molecule is Cc1nn(C)c(C)c1Cc1ccc(NC(=O)c2cccc(I)c2)cc1. The predicted octanol–water partition coefficient (Wildman–Crippen LogP) is 4.48. The highest BCUT2D eigenvalue weighted by Crippen LogP contribution is 2.19. The molecule has 2 aromatic carbocycles. The van der Waals surface area contributed by atoms with Gasteiger partial charge < -0.3 is 5.32 Å². The number of benzene rings is 2. The molecule has 3 rings (SSSR count). The quantitative estimate of drug-likeness (QED) is 0.602. The van der Waals surface area contributed by atoms with Crippen LogP contribution in [0.5, 0.6) is 0 Å². The average molecular weight is 445 g/mol. The van der Waals surface area contributed by atoms with Crippen LogP contribution in [0.25, 0.3) is 0 Å². The fourth-order valence-electron chi connectivity index (χ4n) is 2.82. The van der Waals surface area contributed by atoms with Crippen molar-refractivity contribution in [1.82, 2.24) is 9.78 Å². The zero-order valence-electron chi connectivity index (χ0n) is 14.5. The van der Waals surface area contributed by atoms with E-state index in [0.717, 1.165) is 21.4 Å². The van der Waals surface area contributed by atoms with Crippen molar-refractivity contribution in [1.29, 1.82) is 0 Å². The second-order valence-electron chi connectivity index (χ2n) is 6.11. The smallest absolute Gasteiger partial charge is 0.255 e. The Hall–Kier alpha value is -2.15. The van der Waals surface area contributed by atoms with Crippen molar-refractivity contribution in [3.63, 3.8) is 0 Å². The molecular weight excluding hydrogens is 425 g/mol. The van der Waals surface area contributed by atoms with Gasteiger partial charge in [-0.2, -0.15) is 5.10 Å². The van der Waals surface area contributed by atoms with Gasteiger partial charge in [-0.25, -0.2) is 0 Å². The Morgan fingerprint density at radius 3 is 2.48 bits per heavy atom. The molecule has 0 aliphatic heterocycles. The van der Waals surface area contributed by atoms with Crippen LogP contribution in [0.4, 0.5) is 5.69 Å². The minimum Gasteiger partial charge on any atom is -0.322 e. The number of aromatic nitrogens is 2. The lowest BCUT2D eigenvalue weighted by Gasteiger charge is -2.08. The number of rotatable bonds is 4. The van der Waals surface area contributed by atoms with Gasteiger partial charge in [-0.1, -0.05) is 18.2 Å². The van der Waals surface area contributed by atoms with Crippen molar-refractivity contribution in [2.75, 3.05) is 5.32 Å². The van der Waals surface area contributed by atoms with Crippen LogP contribution in [-0.4, -0.2) is 15.7 Å². The number of nitrogens with zero attached hydrogens (tertiary/aromatic N) is 2. The number of amides is 1. The van der Waals surface area contributed by atoms with E-state index in [-0.39, 0.29) is 5.91 Å². The van der Waals surface area contributed by atoms with Gasteiger partial charge >= 0.3 is 0 Å². The number of carbonyl (C=O) groups is 1. The summed E-state index contributed by atoms with van der Waals surface area (Å²) in [7, 11) is 1.97. The van der Waals surface area contributed by atoms with Gasteiger partial charge in [-0.05, 0) is 72.3 Å². The molecule has 1 heterocycles. The fraction of sp³-hybridized carbons (Fsp3) is 0.200. The van der Waals surface area contributed by atoms with E-state index in [1.54, 1.807) is 0 Å². The van der Waals surface area contributed by atoms with E-state index in [1.807, 2.05) is 55.1 Å². The molecule has 0 aliphatic rings. The highest BCUT2D eigenvalue weighted by molar-refractivity contribution is 14.1. The predicted molar refractivity (Wildman–Crippen MR) is 109 cm³/mol. The molecule has 0 spiro atoms. The van der Waals surface area contributed by atoms with Crippen molar-refractivity contribution < 1.29 is 4.79 Å². The summed E-state index contributed by atoms with van der Waals surface area (Å²) in [6.45, 7) is 4.13. The molecule has 1 N–H and O–H groups in total.